The van der Waals surface area contributed by atoms with Crippen LogP contribution in [0.5, 0.6) is 0 Å². The minimum absolute atomic E-state index is 0.285. The number of hydrogen-bond donors (Lipinski definition) is 1. The van der Waals surface area contributed by atoms with Gasteiger partial charge < -0.3 is 10.0 Å². The van der Waals surface area contributed by atoms with E-state index in [1.54, 1.807) is 12.1 Å². The van der Waals surface area contributed by atoms with E-state index >= 15 is 0 Å². The average Bonchev–Trinajstić information content (AvgIpc) is 2.58. The molecule has 0 aromatic heterocycles. The van der Waals surface area contributed by atoms with E-state index in [-0.39, 0.29) is 5.82 Å². The number of nitrogens with zero attached hydrogens (tertiary/aromatic N) is 1. The molecular weight excluding hydrogens is 253 g/mol. The molecule has 2 aromatic carbocycles. The topological polar surface area (TPSA) is 23.5 Å². The second-order valence-electron chi connectivity index (χ2n) is 5.51. The van der Waals surface area contributed by atoms with Crippen molar-refractivity contribution < 1.29 is 9.50 Å². The van der Waals surface area contributed by atoms with Crippen LogP contribution >= 0.6 is 0 Å². The second-order valence-corrected chi connectivity index (χ2v) is 5.51. The van der Waals surface area contributed by atoms with Crippen molar-refractivity contribution in [3.63, 3.8) is 0 Å². The lowest BCUT2D eigenvalue weighted by Gasteiger charge is -2.32. The van der Waals surface area contributed by atoms with Crippen LogP contribution in [0.3, 0.4) is 0 Å². The van der Waals surface area contributed by atoms with E-state index in [1.165, 1.54) is 12.1 Å². The van der Waals surface area contributed by atoms with E-state index < -0.39 is 5.60 Å². The molecule has 104 valence electrons. The normalized spacial score (nSPS) is 23.1. The summed E-state index contributed by atoms with van der Waals surface area (Å²) in [5, 5.41) is 11.3. The van der Waals surface area contributed by atoms with Gasteiger partial charge in [-0.3, -0.25) is 0 Å². The van der Waals surface area contributed by atoms with E-state index in [4.69, 9.17) is 0 Å². The maximum Gasteiger partial charge on any atom is 0.127 e. The largest absolute Gasteiger partial charge is 0.379 e. The molecule has 0 aliphatic carbocycles. The number of likely N-dealkylation sites (N-methyl/N-ethyl adjacent to an activating group) is 1. The molecule has 0 bridgehead atoms. The minimum Gasteiger partial charge on any atom is -0.379 e. The van der Waals surface area contributed by atoms with E-state index in [0.29, 0.717) is 6.54 Å². The molecule has 0 saturated carbocycles. The Morgan fingerprint density at radius 3 is 2.55 bits per heavy atom. The van der Waals surface area contributed by atoms with Gasteiger partial charge in [0.2, 0.25) is 0 Å². The third kappa shape index (κ3) is 2.23. The van der Waals surface area contributed by atoms with Gasteiger partial charge in [-0.05, 0) is 42.3 Å². The summed E-state index contributed by atoms with van der Waals surface area (Å²) in [5.74, 6) is -0.285. The van der Waals surface area contributed by atoms with E-state index in [0.717, 1.165) is 29.7 Å². The lowest BCUT2D eigenvalue weighted by atomic mass is 9.83. The zero-order valence-corrected chi connectivity index (χ0v) is 11.5. The van der Waals surface area contributed by atoms with Gasteiger partial charge in [-0.2, -0.15) is 0 Å². The van der Waals surface area contributed by atoms with Crippen molar-refractivity contribution in [3.8, 4) is 0 Å². The Morgan fingerprint density at radius 2 is 1.80 bits per heavy atom. The van der Waals surface area contributed by atoms with E-state index in [9.17, 15) is 9.50 Å². The fourth-order valence-corrected chi connectivity index (χ4v) is 2.98. The molecule has 0 fully saturated rings. The number of rotatable bonds is 1. The summed E-state index contributed by atoms with van der Waals surface area (Å²) < 4.78 is 13.1. The predicted octanol–water partition coefficient (Wildman–Crippen LogP) is 2.55. The highest BCUT2D eigenvalue weighted by atomic mass is 19.1. The van der Waals surface area contributed by atoms with Crippen LogP contribution in [0.4, 0.5) is 4.39 Å². The molecule has 1 unspecified atom stereocenters. The quantitative estimate of drug-likeness (QED) is 0.861. The fraction of sp³-hybridized carbons (Fsp3) is 0.294. The number of hydrogen-bond acceptors (Lipinski definition) is 2. The van der Waals surface area contributed by atoms with Gasteiger partial charge in [0.05, 0.1) is 0 Å². The maximum absolute atomic E-state index is 13.1. The fourth-order valence-electron chi connectivity index (χ4n) is 2.98. The highest BCUT2D eigenvalue weighted by molar-refractivity contribution is 5.42. The predicted molar refractivity (Wildman–Crippen MR) is 77.0 cm³/mol. The van der Waals surface area contributed by atoms with Gasteiger partial charge in [-0.25, -0.2) is 4.39 Å². The van der Waals surface area contributed by atoms with Crippen molar-refractivity contribution in [3.05, 3.63) is 71.0 Å². The Morgan fingerprint density at radius 1 is 1.10 bits per heavy atom. The highest BCUT2D eigenvalue weighted by Crippen LogP contribution is 2.35. The van der Waals surface area contributed by atoms with Gasteiger partial charge >= 0.3 is 0 Å². The third-order valence-electron chi connectivity index (χ3n) is 4.05. The number of β-amino-alcohol motifs (C(OH)–C–C–N with tert-alkyl or cyclic N) is 1. The summed E-state index contributed by atoms with van der Waals surface area (Å²) in [6.45, 7) is 1.41. The molecule has 0 radical (unpaired) electrons. The molecule has 0 amide bonds. The van der Waals surface area contributed by atoms with Crippen molar-refractivity contribution in [2.24, 2.45) is 0 Å². The van der Waals surface area contributed by atoms with Crippen LogP contribution in [0.2, 0.25) is 0 Å². The van der Waals surface area contributed by atoms with Crippen LogP contribution in [-0.2, 0) is 12.0 Å². The zero-order chi connectivity index (χ0) is 14.2. The van der Waals surface area contributed by atoms with Gasteiger partial charge in [-0.1, -0.05) is 36.4 Å². The van der Waals surface area contributed by atoms with E-state index in [2.05, 4.69) is 11.0 Å². The first-order chi connectivity index (χ1) is 9.59. The van der Waals surface area contributed by atoms with Gasteiger partial charge in [0.15, 0.2) is 0 Å². The molecule has 1 aliphatic rings. The standard InChI is InChI=1S/C17H18FNO/c1-19-11-10-13-4-2-3-5-16(13)17(20,12-19)14-6-8-15(18)9-7-14/h2-9,20H,10-12H2,1H3. The third-order valence-corrected chi connectivity index (χ3v) is 4.05. The summed E-state index contributed by atoms with van der Waals surface area (Å²) in [6.07, 6.45) is 0.913. The molecule has 2 aromatic rings. The molecule has 20 heavy (non-hydrogen) atoms. The summed E-state index contributed by atoms with van der Waals surface area (Å²) in [6, 6.07) is 14.1. The van der Waals surface area contributed by atoms with Gasteiger partial charge in [0.25, 0.3) is 0 Å². The van der Waals surface area contributed by atoms with Crippen molar-refractivity contribution in [2.45, 2.75) is 12.0 Å². The first kappa shape index (κ1) is 13.3. The van der Waals surface area contributed by atoms with Crippen LogP contribution in [0.15, 0.2) is 48.5 Å². The van der Waals surface area contributed by atoms with Crippen LogP contribution in [-0.4, -0.2) is 30.1 Å². The molecule has 1 aliphatic heterocycles. The molecule has 1 atom stereocenters. The molecule has 1 heterocycles. The van der Waals surface area contributed by atoms with Crippen molar-refractivity contribution in [2.75, 3.05) is 20.1 Å². The SMILES string of the molecule is CN1CCc2ccccc2C(O)(c2ccc(F)cc2)C1. The zero-order valence-electron chi connectivity index (χ0n) is 11.5. The molecule has 2 nitrogen and oxygen atoms in total. The smallest absolute Gasteiger partial charge is 0.127 e. The molecular formula is C17H18FNO. The van der Waals surface area contributed by atoms with Crippen LogP contribution < -0.4 is 0 Å². The van der Waals surface area contributed by atoms with Crippen LogP contribution in [0.1, 0.15) is 16.7 Å². The van der Waals surface area contributed by atoms with Crippen molar-refractivity contribution in [1.82, 2.24) is 4.90 Å². The first-order valence-electron chi connectivity index (χ1n) is 6.85. The highest BCUT2D eigenvalue weighted by Gasteiger charge is 2.36. The van der Waals surface area contributed by atoms with Crippen LogP contribution in [0, 0.1) is 5.82 Å². The maximum atomic E-state index is 13.1. The Kier molecular flexibility index (Phi) is 3.32. The van der Waals surface area contributed by atoms with Gasteiger partial charge in [0, 0.05) is 13.1 Å². The summed E-state index contributed by atoms with van der Waals surface area (Å²) in [7, 11) is 2.00. The number of halogens is 1. The molecule has 3 heteroatoms. The molecule has 0 saturated heterocycles. The monoisotopic (exact) mass is 271 g/mol. The lowest BCUT2D eigenvalue weighted by Crippen LogP contribution is -2.39. The molecule has 3 rings (SSSR count). The van der Waals surface area contributed by atoms with Crippen molar-refractivity contribution in [1.29, 1.82) is 0 Å². The minimum atomic E-state index is -1.09. The number of aliphatic hydroxyl groups is 1. The average molecular weight is 271 g/mol. The lowest BCUT2D eigenvalue weighted by molar-refractivity contribution is 0.0491. The van der Waals surface area contributed by atoms with Gasteiger partial charge in [0.1, 0.15) is 11.4 Å². The summed E-state index contributed by atoms with van der Waals surface area (Å²) in [4.78, 5) is 2.11. The van der Waals surface area contributed by atoms with E-state index in [1.807, 2.05) is 25.2 Å². The van der Waals surface area contributed by atoms with Crippen LogP contribution in [0.25, 0.3) is 0 Å². The Hall–Kier alpha value is -1.71. The summed E-state index contributed by atoms with van der Waals surface area (Å²) >= 11 is 0. The van der Waals surface area contributed by atoms with Crippen molar-refractivity contribution >= 4 is 0 Å². The first-order valence-corrected chi connectivity index (χ1v) is 6.85. The number of benzene rings is 2. The molecule has 1 N–H and O–H groups in total. The molecule has 0 spiro atoms. The second kappa shape index (κ2) is 5.00. The summed E-state index contributed by atoms with van der Waals surface area (Å²) in [5.41, 5.74) is 1.73. The number of fused-ring (bicyclic) bond motifs is 1. The Balaban J connectivity index is 2.16. The Labute approximate surface area is 118 Å². The van der Waals surface area contributed by atoms with Gasteiger partial charge in [-0.15, -0.1) is 0 Å². The Bertz CT molecular complexity index is 611.